The molecule has 0 bridgehead atoms. The third-order valence-electron chi connectivity index (χ3n) is 1.78. The molecule has 0 atom stereocenters. The standard InChI is InChI=1S/C8H9N3O/c1-6-2-3-11-5-8(12)10-9-7(11)4-6/h2-4H,5H2,1H3,(H,10,12). The maximum Gasteiger partial charge on any atom is 0.260 e. The van der Waals surface area contributed by atoms with Crippen molar-refractivity contribution in [2.75, 3.05) is 6.54 Å². The zero-order chi connectivity index (χ0) is 8.55. The number of hydrogen-bond donors (Lipinski definition) is 1. The molecular weight excluding hydrogens is 154 g/mol. The highest BCUT2D eigenvalue weighted by atomic mass is 16.2. The van der Waals surface area contributed by atoms with E-state index in [4.69, 9.17) is 0 Å². The van der Waals surface area contributed by atoms with E-state index in [1.165, 1.54) is 0 Å². The predicted octanol–water partition coefficient (Wildman–Crippen LogP) is 0.205. The summed E-state index contributed by atoms with van der Waals surface area (Å²) < 4.78 is 0. The molecule has 0 unspecified atom stereocenters. The first-order valence-corrected chi connectivity index (χ1v) is 3.75. The van der Waals surface area contributed by atoms with Gasteiger partial charge in [-0.2, -0.15) is 5.10 Å². The summed E-state index contributed by atoms with van der Waals surface area (Å²) >= 11 is 0. The second kappa shape index (κ2) is 2.48. The van der Waals surface area contributed by atoms with Crippen molar-refractivity contribution in [3.8, 4) is 0 Å². The van der Waals surface area contributed by atoms with Crippen molar-refractivity contribution in [3.63, 3.8) is 0 Å². The quantitative estimate of drug-likeness (QED) is 0.554. The van der Waals surface area contributed by atoms with Crippen molar-refractivity contribution in [3.05, 3.63) is 23.9 Å². The van der Waals surface area contributed by atoms with Crippen LogP contribution in [0.1, 0.15) is 6.92 Å². The summed E-state index contributed by atoms with van der Waals surface area (Å²) in [5, 5.41) is 3.90. The molecule has 1 N–H and O–H groups in total. The maximum atomic E-state index is 10.9. The Labute approximate surface area is 70.2 Å². The van der Waals surface area contributed by atoms with Crippen LogP contribution < -0.4 is 5.43 Å². The van der Waals surface area contributed by atoms with Crippen LogP contribution in [0, 0.1) is 0 Å². The molecule has 0 aromatic rings. The summed E-state index contributed by atoms with van der Waals surface area (Å²) in [5.41, 5.74) is 3.57. The minimum atomic E-state index is -0.0728. The lowest BCUT2D eigenvalue weighted by Crippen LogP contribution is -2.42. The highest BCUT2D eigenvalue weighted by Crippen LogP contribution is 2.09. The molecule has 0 aromatic carbocycles. The van der Waals surface area contributed by atoms with Crippen molar-refractivity contribution in [1.82, 2.24) is 10.3 Å². The van der Waals surface area contributed by atoms with E-state index in [-0.39, 0.29) is 5.91 Å². The molecular formula is C8H9N3O. The smallest absolute Gasteiger partial charge is 0.260 e. The average molecular weight is 163 g/mol. The fourth-order valence-electron chi connectivity index (χ4n) is 1.16. The number of amides is 1. The molecule has 0 spiro atoms. The lowest BCUT2D eigenvalue weighted by molar-refractivity contribution is -0.121. The van der Waals surface area contributed by atoms with Crippen LogP contribution in [0.2, 0.25) is 0 Å². The normalized spacial score (nSPS) is 21.1. The third-order valence-corrected chi connectivity index (χ3v) is 1.78. The highest BCUT2D eigenvalue weighted by Gasteiger charge is 2.18. The third kappa shape index (κ3) is 1.11. The fraction of sp³-hybridized carbons (Fsp3) is 0.250. The fourth-order valence-corrected chi connectivity index (χ4v) is 1.16. The number of nitrogens with one attached hydrogen (secondary N) is 1. The first-order valence-electron chi connectivity index (χ1n) is 3.75. The molecule has 4 heteroatoms. The number of rotatable bonds is 0. The molecule has 4 nitrogen and oxygen atoms in total. The summed E-state index contributed by atoms with van der Waals surface area (Å²) in [7, 11) is 0. The monoisotopic (exact) mass is 163 g/mol. The van der Waals surface area contributed by atoms with Gasteiger partial charge in [0.25, 0.3) is 5.91 Å². The van der Waals surface area contributed by atoms with Crippen LogP contribution >= 0.6 is 0 Å². The van der Waals surface area contributed by atoms with E-state index in [1.807, 2.05) is 30.2 Å². The van der Waals surface area contributed by atoms with Gasteiger partial charge in [0.2, 0.25) is 0 Å². The molecule has 2 heterocycles. The van der Waals surface area contributed by atoms with Crippen molar-refractivity contribution >= 4 is 11.7 Å². The predicted molar refractivity (Wildman–Crippen MR) is 45.2 cm³/mol. The van der Waals surface area contributed by atoms with Gasteiger partial charge >= 0.3 is 0 Å². The van der Waals surface area contributed by atoms with Gasteiger partial charge in [-0.3, -0.25) is 4.79 Å². The Morgan fingerprint density at radius 1 is 1.67 bits per heavy atom. The van der Waals surface area contributed by atoms with Crippen LogP contribution in [0.15, 0.2) is 29.0 Å². The number of nitrogens with zero attached hydrogens (tertiary/aromatic N) is 2. The zero-order valence-corrected chi connectivity index (χ0v) is 6.74. The first kappa shape index (κ1) is 7.09. The lowest BCUT2D eigenvalue weighted by atomic mass is 10.2. The largest absolute Gasteiger partial charge is 0.322 e. The van der Waals surface area contributed by atoms with Gasteiger partial charge in [0.15, 0.2) is 5.84 Å². The summed E-state index contributed by atoms with van der Waals surface area (Å²) in [6, 6.07) is 0. The Morgan fingerprint density at radius 2 is 2.50 bits per heavy atom. The first-order chi connectivity index (χ1) is 5.75. The summed E-state index contributed by atoms with van der Waals surface area (Å²) in [6.45, 7) is 2.35. The Balaban J connectivity index is 2.31. The molecule has 12 heavy (non-hydrogen) atoms. The Kier molecular flexibility index (Phi) is 1.46. The zero-order valence-electron chi connectivity index (χ0n) is 6.74. The summed E-state index contributed by atoms with van der Waals surface area (Å²) in [6.07, 6.45) is 5.75. The number of hydrazone groups is 1. The number of amidine groups is 1. The molecule has 2 aliphatic rings. The molecule has 0 fully saturated rings. The van der Waals surface area contributed by atoms with Crippen LogP contribution in [0.3, 0.4) is 0 Å². The number of carbonyl (C=O) groups is 1. The molecule has 0 aromatic heterocycles. The number of fused-ring (bicyclic) bond motifs is 1. The minimum Gasteiger partial charge on any atom is -0.322 e. The van der Waals surface area contributed by atoms with Gasteiger partial charge < -0.3 is 4.90 Å². The van der Waals surface area contributed by atoms with Crippen molar-refractivity contribution in [2.24, 2.45) is 5.10 Å². The molecule has 0 radical (unpaired) electrons. The van der Waals surface area contributed by atoms with Gasteiger partial charge in [-0.1, -0.05) is 0 Å². The number of hydrogen-bond acceptors (Lipinski definition) is 3. The van der Waals surface area contributed by atoms with Gasteiger partial charge in [0.1, 0.15) is 6.54 Å². The van der Waals surface area contributed by atoms with E-state index in [2.05, 4.69) is 10.5 Å². The van der Waals surface area contributed by atoms with E-state index in [9.17, 15) is 4.79 Å². The van der Waals surface area contributed by atoms with Crippen LogP contribution in [0.25, 0.3) is 0 Å². The molecule has 0 saturated carbocycles. The van der Waals surface area contributed by atoms with Gasteiger partial charge in [-0.05, 0) is 24.6 Å². The van der Waals surface area contributed by atoms with Gasteiger partial charge in [-0.15, -0.1) is 0 Å². The highest BCUT2D eigenvalue weighted by molar-refractivity contribution is 6.00. The second-order valence-electron chi connectivity index (χ2n) is 2.84. The van der Waals surface area contributed by atoms with Gasteiger partial charge in [-0.25, -0.2) is 5.43 Å². The van der Waals surface area contributed by atoms with E-state index in [0.717, 1.165) is 11.4 Å². The van der Waals surface area contributed by atoms with E-state index >= 15 is 0 Å². The Hall–Kier alpha value is -1.58. The van der Waals surface area contributed by atoms with Gasteiger partial charge in [0, 0.05) is 6.20 Å². The molecule has 62 valence electrons. The lowest BCUT2D eigenvalue weighted by Gasteiger charge is -2.25. The Morgan fingerprint density at radius 3 is 3.33 bits per heavy atom. The number of carbonyl (C=O) groups excluding carboxylic acids is 1. The SMILES string of the molecule is CC1=CC2=NNC(=O)CN2C=C1. The average Bonchev–Trinajstić information content (AvgIpc) is 2.05. The van der Waals surface area contributed by atoms with E-state index in [1.54, 1.807) is 0 Å². The molecule has 0 aliphatic carbocycles. The van der Waals surface area contributed by atoms with Crippen LogP contribution in [-0.4, -0.2) is 23.2 Å². The molecule has 1 amide bonds. The van der Waals surface area contributed by atoms with E-state index < -0.39 is 0 Å². The van der Waals surface area contributed by atoms with Crippen LogP contribution in [0.5, 0.6) is 0 Å². The minimum absolute atomic E-state index is 0.0728. The summed E-state index contributed by atoms with van der Waals surface area (Å²) in [4.78, 5) is 12.7. The summed E-state index contributed by atoms with van der Waals surface area (Å²) in [5.74, 6) is 0.728. The maximum absolute atomic E-state index is 10.9. The number of allylic oxidation sites excluding steroid dienone is 2. The second-order valence-corrected chi connectivity index (χ2v) is 2.84. The molecule has 0 saturated heterocycles. The molecule has 2 aliphatic heterocycles. The van der Waals surface area contributed by atoms with Gasteiger partial charge in [0.05, 0.1) is 0 Å². The topological polar surface area (TPSA) is 44.7 Å². The van der Waals surface area contributed by atoms with Crippen LogP contribution in [0.4, 0.5) is 0 Å². The van der Waals surface area contributed by atoms with Crippen molar-refractivity contribution in [2.45, 2.75) is 6.92 Å². The van der Waals surface area contributed by atoms with Crippen LogP contribution in [-0.2, 0) is 4.79 Å². The molecule has 2 rings (SSSR count). The Bertz CT molecular complexity index is 314. The van der Waals surface area contributed by atoms with Crippen molar-refractivity contribution in [1.29, 1.82) is 0 Å². The van der Waals surface area contributed by atoms with Crippen molar-refractivity contribution < 1.29 is 4.79 Å². The van der Waals surface area contributed by atoms with E-state index in [0.29, 0.717) is 6.54 Å².